The molecule has 2 aromatic rings. The lowest BCUT2D eigenvalue weighted by Gasteiger charge is -1.96. The van der Waals surface area contributed by atoms with E-state index >= 15 is 0 Å². The van der Waals surface area contributed by atoms with Gasteiger partial charge in [0, 0.05) is 17.0 Å². The van der Waals surface area contributed by atoms with Gasteiger partial charge in [0.15, 0.2) is 0 Å². The van der Waals surface area contributed by atoms with E-state index in [4.69, 9.17) is 17.3 Å². The number of hydrogen-bond donors (Lipinski definition) is 1. The van der Waals surface area contributed by atoms with Crippen LogP contribution in [0.1, 0.15) is 5.69 Å². The molecule has 16 heavy (non-hydrogen) atoms. The van der Waals surface area contributed by atoms with Crippen LogP contribution in [0.25, 0.3) is 10.6 Å². The Morgan fingerprint density at radius 3 is 2.94 bits per heavy atom. The molecule has 0 unspecified atom stereocenters. The Labute approximate surface area is 112 Å². The predicted octanol–water partition coefficient (Wildman–Crippen LogP) is 3.73. The van der Waals surface area contributed by atoms with E-state index in [2.05, 4.69) is 20.9 Å². The lowest BCUT2D eigenvalue weighted by atomic mass is 10.2. The van der Waals surface area contributed by atoms with E-state index in [-0.39, 0.29) is 0 Å². The van der Waals surface area contributed by atoms with Crippen LogP contribution in [-0.4, -0.2) is 11.5 Å². The Hall–Kier alpha value is -0.420. The van der Waals surface area contributed by atoms with E-state index in [0.717, 1.165) is 31.5 Å². The van der Waals surface area contributed by atoms with Gasteiger partial charge in [0.05, 0.1) is 9.48 Å². The molecule has 0 atom stereocenters. The van der Waals surface area contributed by atoms with Gasteiger partial charge in [-0.25, -0.2) is 4.98 Å². The standard InChI is InChI=1S/C11H10BrClN2S/c12-10-9(4-5-14)15-11(16-10)7-2-1-3-8(13)6-7/h1-3,6H,4-5,14H2. The zero-order valence-electron chi connectivity index (χ0n) is 8.41. The zero-order valence-corrected chi connectivity index (χ0v) is 11.6. The van der Waals surface area contributed by atoms with E-state index in [9.17, 15) is 0 Å². The first-order valence-electron chi connectivity index (χ1n) is 4.82. The molecule has 0 aliphatic heterocycles. The third-order valence-electron chi connectivity index (χ3n) is 2.10. The molecule has 84 valence electrons. The maximum Gasteiger partial charge on any atom is 0.124 e. The lowest BCUT2D eigenvalue weighted by Crippen LogP contribution is -2.03. The SMILES string of the molecule is NCCc1nc(-c2cccc(Cl)c2)sc1Br. The van der Waals surface area contributed by atoms with Gasteiger partial charge in [0.1, 0.15) is 5.01 Å². The Morgan fingerprint density at radius 1 is 1.44 bits per heavy atom. The van der Waals surface area contributed by atoms with Crippen molar-refractivity contribution in [2.24, 2.45) is 5.73 Å². The Balaban J connectivity index is 2.37. The van der Waals surface area contributed by atoms with Crippen molar-refractivity contribution in [3.8, 4) is 10.6 Å². The third-order valence-corrected chi connectivity index (χ3v) is 4.22. The molecule has 1 aromatic carbocycles. The van der Waals surface area contributed by atoms with Crippen LogP contribution in [0, 0.1) is 0 Å². The van der Waals surface area contributed by atoms with Crippen molar-refractivity contribution in [1.82, 2.24) is 4.98 Å². The molecule has 0 saturated heterocycles. The number of nitrogens with zero attached hydrogens (tertiary/aromatic N) is 1. The number of thiazole rings is 1. The number of halogens is 2. The highest BCUT2D eigenvalue weighted by Crippen LogP contribution is 2.33. The molecular weight excluding hydrogens is 308 g/mol. The first-order valence-corrected chi connectivity index (χ1v) is 6.80. The van der Waals surface area contributed by atoms with Crippen LogP contribution >= 0.6 is 38.9 Å². The minimum absolute atomic E-state index is 0.608. The maximum absolute atomic E-state index is 5.95. The average molecular weight is 318 g/mol. The van der Waals surface area contributed by atoms with Crippen molar-refractivity contribution < 1.29 is 0 Å². The molecule has 5 heteroatoms. The van der Waals surface area contributed by atoms with Crippen LogP contribution < -0.4 is 5.73 Å². The van der Waals surface area contributed by atoms with Crippen molar-refractivity contribution >= 4 is 38.9 Å². The molecule has 0 spiro atoms. The fourth-order valence-corrected chi connectivity index (χ4v) is 3.14. The van der Waals surface area contributed by atoms with Gasteiger partial charge in [-0.3, -0.25) is 0 Å². The first-order chi connectivity index (χ1) is 7.70. The third kappa shape index (κ3) is 2.63. The Bertz CT molecular complexity index is 498. The average Bonchev–Trinajstić information content (AvgIpc) is 2.61. The first kappa shape index (κ1) is 12.0. The summed E-state index contributed by atoms with van der Waals surface area (Å²) in [4.78, 5) is 4.54. The molecule has 0 saturated carbocycles. The minimum atomic E-state index is 0.608. The quantitative estimate of drug-likeness (QED) is 0.937. The van der Waals surface area contributed by atoms with Crippen LogP contribution in [0.5, 0.6) is 0 Å². The summed E-state index contributed by atoms with van der Waals surface area (Å²) in [6, 6.07) is 7.70. The second-order valence-corrected chi connectivity index (χ2v) is 6.04. The lowest BCUT2D eigenvalue weighted by molar-refractivity contribution is 0.931. The zero-order chi connectivity index (χ0) is 11.5. The van der Waals surface area contributed by atoms with Crippen molar-refractivity contribution in [2.45, 2.75) is 6.42 Å². The number of nitrogens with two attached hydrogens (primary N) is 1. The summed E-state index contributed by atoms with van der Waals surface area (Å²) < 4.78 is 1.05. The highest BCUT2D eigenvalue weighted by atomic mass is 79.9. The van der Waals surface area contributed by atoms with Crippen LogP contribution in [0.3, 0.4) is 0 Å². The molecule has 0 bridgehead atoms. The van der Waals surface area contributed by atoms with E-state index in [0.29, 0.717) is 6.54 Å². The Morgan fingerprint density at radius 2 is 2.25 bits per heavy atom. The van der Waals surface area contributed by atoms with Crippen molar-refractivity contribution in [3.05, 3.63) is 38.8 Å². The topological polar surface area (TPSA) is 38.9 Å². The van der Waals surface area contributed by atoms with Gasteiger partial charge >= 0.3 is 0 Å². The monoisotopic (exact) mass is 316 g/mol. The number of hydrogen-bond acceptors (Lipinski definition) is 3. The maximum atomic E-state index is 5.95. The summed E-state index contributed by atoms with van der Waals surface area (Å²) in [5, 5.41) is 1.70. The van der Waals surface area contributed by atoms with Gasteiger partial charge in [-0.15, -0.1) is 11.3 Å². The molecule has 1 heterocycles. The van der Waals surface area contributed by atoms with Crippen molar-refractivity contribution in [2.75, 3.05) is 6.54 Å². The number of benzene rings is 1. The van der Waals surface area contributed by atoms with E-state index in [1.165, 1.54) is 0 Å². The summed E-state index contributed by atoms with van der Waals surface area (Å²) in [6.07, 6.45) is 0.789. The number of aromatic nitrogens is 1. The minimum Gasteiger partial charge on any atom is -0.330 e. The molecular formula is C11H10BrClN2S. The molecule has 2 N–H and O–H groups in total. The van der Waals surface area contributed by atoms with E-state index < -0.39 is 0 Å². The summed E-state index contributed by atoms with van der Waals surface area (Å²) in [7, 11) is 0. The Kier molecular flexibility index (Phi) is 3.97. The van der Waals surface area contributed by atoms with Gasteiger partial charge in [-0.05, 0) is 34.6 Å². The van der Waals surface area contributed by atoms with Gasteiger partial charge in [0.2, 0.25) is 0 Å². The van der Waals surface area contributed by atoms with Crippen LogP contribution in [-0.2, 0) is 6.42 Å². The molecule has 0 radical (unpaired) electrons. The largest absolute Gasteiger partial charge is 0.330 e. The summed E-state index contributed by atoms with van der Waals surface area (Å²) in [5.74, 6) is 0. The molecule has 0 aliphatic rings. The fraction of sp³-hybridized carbons (Fsp3) is 0.182. The van der Waals surface area contributed by atoms with Crippen molar-refractivity contribution in [3.63, 3.8) is 0 Å². The summed E-state index contributed by atoms with van der Waals surface area (Å²) in [6.45, 7) is 0.608. The fourth-order valence-electron chi connectivity index (χ4n) is 1.37. The van der Waals surface area contributed by atoms with E-state index in [1.807, 2.05) is 24.3 Å². The molecule has 0 aliphatic carbocycles. The highest BCUT2D eigenvalue weighted by Gasteiger charge is 2.09. The highest BCUT2D eigenvalue weighted by molar-refractivity contribution is 9.11. The second-order valence-electron chi connectivity index (χ2n) is 3.29. The van der Waals surface area contributed by atoms with Crippen LogP contribution in [0.15, 0.2) is 28.1 Å². The summed E-state index contributed by atoms with van der Waals surface area (Å²) >= 11 is 11.1. The van der Waals surface area contributed by atoms with Crippen molar-refractivity contribution in [1.29, 1.82) is 0 Å². The summed E-state index contributed by atoms with van der Waals surface area (Å²) in [5.41, 5.74) is 7.58. The normalized spacial score (nSPS) is 10.7. The predicted molar refractivity (Wildman–Crippen MR) is 73.0 cm³/mol. The number of rotatable bonds is 3. The van der Waals surface area contributed by atoms with Crippen LogP contribution in [0.2, 0.25) is 5.02 Å². The smallest absolute Gasteiger partial charge is 0.124 e. The molecule has 2 nitrogen and oxygen atoms in total. The molecule has 0 fully saturated rings. The van der Waals surface area contributed by atoms with E-state index in [1.54, 1.807) is 11.3 Å². The van der Waals surface area contributed by atoms with Gasteiger partial charge in [-0.2, -0.15) is 0 Å². The van der Waals surface area contributed by atoms with Gasteiger partial charge in [0.25, 0.3) is 0 Å². The molecule has 1 aromatic heterocycles. The second kappa shape index (κ2) is 5.27. The van der Waals surface area contributed by atoms with Crippen LogP contribution in [0.4, 0.5) is 0 Å². The van der Waals surface area contributed by atoms with Gasteiger partial charge in [-0.1, -0.05) is 23.7 Å². The van der Waals surface area contributed by atoms with Gasteiger partial charge < -0.3 is 5.73 Å². The molecule has 0 amide bonds. The molecule has 2 rings (SSSR count).